The van der Waals surface area contributed by atoms with Crippen LogP contribution in [-0.2, 0) is 6.18 Å². The molecule has 0 saturated carbocycles. The number of rotatable bonds is 4. The summed E-state index contributed by atoms with van der Waals surface area (Å²) in [5.41, 5.74) is 0.405. The molecular weight excluding hydrogens is 269 g/mol. The number of nitrogens with zero attached hydrogens (tertiary/aromatic N) is 1. The third-order valence-electron chi connectivity index (χ3n) is 2.59. The molecule has 1 aromatic carbocycles. The van der Waals surface area contributed by atoms with Crippen molar-refractivity contribution in [1.29, 1.82) is 0 Å². The van der Waals surface area contributed by atoms with E-state index in [1.54, 1.807) is 6.92 Å². The van der Waals surface area contributed by atoms with E-state index >= 15 is 0 Å². The first-order valence-electron chi connectivity index (χ1n) is 6.11. The van der Waals surface area contributed by atoms with E-state index in [2.05, 4.69) is 11.9 Å². The molecule has 110 valence electrons. The number of anilines is 1. The smallest absolute Gasteiger partial charge is 0.321 e. The molecule has 0 aliphatic heterocycles. The summed E-state index contributed by atoms with van der Waals surface area (Å²) in [6.45, 7) is 8.23. The number of likely N-dealkylation sites (N-methyl/N-ethyl adjacent to an activating group) is 1. The Hall–Kier alpha value is -1.98. The Morgan fingerprint density at radius 1 is 1.30 bits per heavy atom. The molecule has 3 nitrogen and oxygen atoms in total. The first-order chi connectivity index (χ1) is 9.24. The summed E-state index contributed by atoms with van der Waals surface area (Å²) in [5, 5.41) is 2.56. The van der Waals surface area contributed by atoms with Gasteiger partial charge in [0.2, 0.25) is 0 Å². The lowest BCUT2D eigenvalue weighted by atomic mass is 10.2. The normalized spacial score (nSPS) is 11.1. The van der Waals surface area contributed by atoms with E-state index in [1.165, 1.54) is 17.0 Å². The number of benzene rings is 1. The number of nitrogens with one attached hydrogen (secondary N) is 1. The Labute approximate surface area is 116 Å². The number of alkyl halides is 3. The van der Waals surface area contributed by atoms with Gasteiger partial charge in [0, 0.05) is 18.8 Å². The summed E-state index contributed by atoms with van der Waals surface area (Å²) in [5.74, 6) is 0. The van der Waals surface area contributed by atoms with E-state index in [0.29, 0.717) is 18.8 Å². The molecule has 1 rings (SSSR count). The SMILES string of the molecule is C=C(C)CN(CC)C(=O)Nc1ccc(C(F)(F)F)cc1. The maximum Gasteiger partial charge on any atom is 0.416 e. The van der Waals surface area contributed by atoms with Crippen molar-refractivity contribution >= 4 is 11.7 Å². The maximum absolute atomic E-state index is 12.4. The molecule has 0 aliphatic rings. The highest BCUT2D eigenvalue weighted by Gasteiger charge is 2.30. The van der Waals surface area contributed by atoms with Gasteiger partial charge >= 0.3 is 12.2 Å². The molecule has 0 radical (unpaired) electrons. The average Bonchev–Trinajstić information content (AvgIpc) is 2.35. The molecule has 0 saturated heterocycles. The first-order valence-corrected chi connectivity index (χ1v) is 6.11. The lowest BCUT2D eigenvalue weighted by Gasteiger charge is -2.21. The van der Waals surface area contributed by atoms with Gasteiger partial charge in [-0.05, 0) is 38.1 Å². The fraction of sp³-hybridized carbons (Fsp3) is 0.357. The lowest BCUT2D eigenvalue weighted by molar-refractivity contribution is -0.137. The summed E-state index contributed by atoms with van der Waals surface area (Å²) < 4.78 is 37.2. The van der Waals surface area contributed by atoms with Gasteiger partial charge in [-0.3, -0.25) is 0 Å². The molecule has 0 spiro atoms. The zero-order valence-corrected chi connectivity index (χ0v) is 11.4. The van der Waals surface area contributed by atoms with Gasteiger partial charge in [0.05, 0.1) is 5.56 Å². The third-order valence-corrected chi connectivity index (χ3v) is 2.59. The zero-order chi connectivity index (χ0) is 15.3. The summed E-state index contributed by atoms with van der Waals surface area (Å²) in [6, 6.07) is 3.97. The van der Waals surface area contributed by atoms with Crippen molar-refractivity contribution in [1.82, 2.24) is 4.90 Å². The van der Waals surface area contributed by atoms with Crippen molar-refractivity contribution in [2.45, 2.75) is 20.0 Å². The molecule has 6 heteroatoms. The Balaban J connectivity index is 2.73. The van der Waals surface area contributed by atoms with E-state index in [-0.39, 0.29) is 6.03 Å². The number of hydrogen-bond donors (Lipinski definition) is 1. The van der Waals surface area contributed by atoms with E-state index in [9.17, 15) is 18.0 Å². The standard InChI is InChI=1S/C14H17F3N2O/c1-4-19(9-10(2)3)13(20)18-12-7-5-11(6-8-12)14(15,16)17/h5-8H,2,4,9H2,1,3H3,(H,18,20). The average molecular weight is 286 g/mol. The second kappa shape index (κ2) is 6.45. The molecule has 0 atom stereocenters. The minimum absolute atomic E-state index is 0.322. The second-order valence-corrected chi connectivity index (χ2v) is 4.48. The van der Waals surface area contributed by atoms with Crippen LogP contribution in [0.1, 0.15) is 19.4 Å². The molecule has 1 aromatic rings. The van der Waals surface area contributed by atoms with Gasteiger partial charge in [-0.15, -0.1) is 0 Å². The fourth-order valence-corrected chi connectivity index (χ4v) is 1.60. The van der Waals surface area contributed by atoms with E-state index in [0.717, 1.165) is 17.7 Å². The predicted octanol–water partition coefficient (Wildman–Crippen LogP) is 4.14. The van der Waals surface area contributed by atoms with Gasteiger partial charge in [0.25, 0.3) is 0 Å². The van der Waals surface area contributed by atoms with Crippen LogP contribution in [0.15, 0.2) is 36.4 Å². The van der Waals surface area contributed by atoms with Crippen LogP contribution in [-0.4, -0.2) is 24.0 Å². The Morgan fingerprint density at radius 2 is 1.85 bits per heavy atom. The number of amides is 2. The van der Waals surface area contributed by atoms with Crippen molar-refractivity contribution in [3.05, 3.63) is 42.0 Å². The van der Waals surface area contributed by atoms with Crippen LogP contribution in [0.3, 0.4) is 0 Å². The molecule has 20 heavy (non-hydrogen) atoms. The van der Waals surface area contributed by atoms with E-state index in [4.69, 9.17) is 0 Å². The molecule has 1 N–H and O–H groups in total. The van der Waals surface area contributed by atoms with E-state index in [1.807, 2.05) is 6.92 Å². The zero-order valence-electron chi connectivity index (χ0n) is 11.4. The van der Waals surface area contributed by atoms with Gasteiger partial charge in [0.1, 0.15) is 0 Å². The van der Waals surface area contributed by atoms with Crippen LogP contribution in [0.2, 0.25) is 0 Å². The number of hydrogen-bond acceptors (Lipinski definition) is 1. The van der Waals surface area contributed by atoms with Crippen molar-refractivity contribution in [2.24, 2.45) is 0 Å². The summed E-state index contributed by atoms with van der Waals surface area (Å²) in [4.78, 5) is 13.4. The first kappa shape index (κ1) is 16.1. The largest absolute Gasteiger partial charge is 0.416 e. The molecule has 0 aromatic heterocycles. The van der Waals surface area contributed by atoms with E-state index < -0.39 is 11.7 Å². The Bertz CT molecular complexity index is 480. The van der Waals surface area contributed by atoms with Crippen molar-refractivity contribution in [2.75, 3.05) is 18.4 Å². The minimum Gasteiger partial charge on any atom is -0.321 e. The highest BCUT2D eigenvalue weighted by atomic mass is 19.4. The van der Waals surface area contributed by atoms with Crippen LogP contribution >= 0.6 is 0 Å². The van der Waals surface area contributed by atoms with Gasteiger partial charge in [-0.2, -0.15) is 13.2 Å². The fourth-order valence-electron chi connectivity index (χ4n) is 1.60. The maximum atomic E-state index is 12.4. The van der Waals surface area contributed by atoms with Gasteiger partial charge in [-0.25, -0.2) is 4.79 Å². The van der Waals surface area contributed by atoms with Gasteiger partial charge in [-0.1, -0.05) is 12.2 Å². The quantitative estimate of drug-likeness (QED) is 0.829. The molecule has 0 bridgehead atoms. The van der Waals surface area contributed by atoms with Crippen LogP contribution in [0.25, 0.3) is 0 Å². The van der Waals surface area contributed by atoms with Crippen LogP contribution in [0, 0.1) is 0 Å². The number of halogens is 3. The summed E-state index contributed by atoms with van der Waals surface area (Å²) >= 11 is 0. The molecule has 2 amide bonds. The van der Waals surface area contributed by atoms with Crippen molar-refractivity contribution < 1.29 is 18.0 Å². The Kier molecular flexibility index (Phi) is 5.19. The van der Waals surface area contributed by atoms with Crippen molar-refractivity contribution in [3.8, 4) is 0 Å². The number of carbonyl (C=O) groups is 1. The highest BCUT2D eigenvalue weighted by Crippen LogP contribution is 2.29. The van der Waals surface area contributed by atoms with Crippen molar-refractivity contribution in [3.63, 3.8) is 0 Å². The molecule has 0 heterocycles. The monoisotopic (exact) mass is 286 g/mol. The molecule has 0 aliphatic carbocycles. The number of urea groups is 1. The minimum atomic E-state index is -4.38. The topological polar surface area (TPSA) is 32.3 Å². The highest BCUT2D eigenvalue weighted by molar-refractivity contribution is 5.89. The lowest BCUT2D eigenvalue weighted by Crippen LogP contribution is -2.35. The molecule has 0 fully saturated rings. The molecular formula is C14H17F3N2O. The summed E-state index contributed by atoms with van der Waals surface area (Å²) in [7, 11) is 0. The molecule has 0 unspecified atom stereocenters. The van der Waals surface area contributed by atoms with Crippen LogP contribution < -0.4 is 5.32 Å². The number of carbonyl (C=O) groups excluding carboxylic acids is 1. The predicted molar refractivity (Wildman–Crippen MR) is 72.5 cm³/mol. The summed E-state index contributed by atoms with van der Waals surface area (Å²) in [6.07, 6.45) is -4.38. The van der Waals surface area contributed by atoms with Gasteiger partial charge in [0.15, 0.2) is 0 Å². The van der Waals surface area contributed by atoms with Gasteiger partial charge < -0.3 is 10.2 Å². The second-order valence-electron chi connectivity index (χ2n) is 4.48. The third kappa shape index (κ3) is 4.60. The Morgan fingerprint density at radius 3 is 2.25 bits per heavy atom. The van der Waals surface area contributed by atoms with Crippen LogP contribution in [0.4, 0.5) is 23.7 Å². The van der Waals surface area contributed by atoms with Crippen LogP contribution in [0.5, 0.6) is 0 Å².